The van der Waals surface area contributed by atoms with Gasteiger partial charge in [0.2, 0.25) is 10.0 Å². The van der Waals surface area contributed by atoms with E-state index in [4.69, 9.17) is 22.5 Å². The average molecular weight is 419 g/mol. The van der Waals surface area contributed by atoms with E-state index in [1.54, 1.807) is 24.3 Å². The summed E-state index contributed by atoms with van der Waals surface area (Å²) in [5, 5.41) is 13.5. The Morgan fingerprint density at radius 2 is 1.86 bits per heavy atom. The van der Waals surface area contributed by atoms with Crippen molar-refractivity contribution >= 4 is 39.6 Å². The molecule has 1 heterocycles. The Hall–Kier alpha value is -3.21. The van der Waals surface area contributed by atoms with E-state index in [0.29, 0.717) is 16.3 Å². The zero-order chi connectivity index (χ0) is 20.3. The highest BCUT2D eigenvalue weighted by Gasteiger charge is 2.16. The summed E-state index contributed by atoms with van der Waals surface area (Å²) in [7, 11) is -3.81. The lowest BCUT2D eigenvalue weighted by Gasteiger charge is -2.06. The number of carbonyl (C=O) groups is 1. The largest absolute Gasteiger partial charge is 0.383 e. The Labute approximate surface area is 165 Å². The molecular weight excluding hydrogens is 404 g/mol. The standard InChI is InChI=1S/C17H15ClN6O3S/c18-15-4-2-1-3-11(15)9-21-23-17(25)14-10-22-24(16(14)19)12-5-7-13(8-6-12)28(20,26)27/h1-10H,19H2,(H,23,25)(H2,20,26,27)/b21-9+. The number of benzene rings is 2. The highest BCUT2D eigenvalue weighted by molar-refractivity contribution is 7.89. The van der Waals surface area contributed by atoms with Crippen molar-refractivity contribution in [3.8, 4) is 5.69 Å². The van der Waals surface area contributed by atoms with Crippen LogP contribution in [0.3, 0.4) is 0 Å². The molecule has 11 heteroatoms. The van der Waals surface area contributed by atoms with Crippen LogP contribution >= 0.6 is 11.6 Å². The zero-order valence-corrected chi connectivity index (χ0v) is 15.9. The molecule has 0 unspecified atom stereocenters. The van der Waals surface area contributed by atoms with Crippen molar-refractivity contribution in [2.24, 2.45) is 10.2 Å². The molecule has 0 fully saturated rings. The van der Waals surface area contributed by atoms with Crippen LogP contribution in [0, 0.1) is 0 Å². The molecule has 9 nitrogen and oxygen atoms in total. The highest BCUT2D eigenvalue weighted by Crippen LogP contribution is 2.19. The summed E-state index contributed by atoms with van der Waals surface area (Å²) in [6, 6.07) is 12.6. The van der Waals surface area contributed by atoms with Crippen molar-refractivity contribution in [3.05, 3.63) is 70.9 Å². The third-order valence-electron chi connectivity index (χ3n) is 3.74. The van der Waals surface area contributed by atoms with Gasteiger partial charge in [0, 0.05) is 10.6 Å². The molecule has 5 N–H and O–H groups in total. The summed E-state index contributed by atoms with van der Waals surface area (Å²) >= 11 is 6.01. The maximum absolute atomic E-state index is 12.3. The van der Waals surface area contributed by atoms with E-state index in [2.05, 4.69) is 15.6 Å². The van der Waals surface area contributed by atoms with Crippen LogP contribution in [0.15, 0.2) is 64.7 Å². The van der Waals surface area contributed by atoms with Crippen LogP contribution in [0.1, 0.15) is 15.9 Å². The van der Waals surface area contributed by atoms with E-state index >= 15 is 0 Å². The van der Waals surface area contributed by atoms with Crippen LogP contribution in [-0.2, 0) is 10.0 Å². The van der Waals surface area contributed by atoms with Gasteiger partial charge in [0.15, 0.2) is 0 Å². The number of primary sulfonamides is 1. The molecule has 0 aliphatic rings. The minimum Gasteiger partial charge on any atom is -0.383 e. The molecule has 0 aliphatic heterocycles. The molecule has 2 aromatic carbocycles. The van der Waals surface area contributed by atoms with Crippen LogP contribution in [0.4, 0.5) is 5.82 Å². The normalized spacial score (nSPS) is 11.6. The fourth-order valence-electron chi connectivity index (χ4n) is 2.32. The van der Waals surface area contributed by atoms with Gasteiger partial charge in [-0.05, 0) is 30.3 Å². The number of carbonyl (C=O) groups excluding carboxylic acids is 1. The van der Waals surface area contributed by atoms with Gasteiger partial charge in [-0.1, -0.05) is 29.8 Å². The number of nitrogens with one attached hydrogen (secondary N) is 1. The Kier molecular flexibility index (Phi) is 5.45. The van der Waals surface area contributed by atoms with E-state index < -0.39 is 15.9 Å². The third-order valence-corrected chi connectivity index (χ3v) is 5.01. The molecule has 1 amide bonds. The van der Waals surface area contributed by atoms with Gasteiger partial charge < -0.3 is 5.73 Å². The molecule has 3 aromatic rings. The molecular formula is C17H15ClN6O3S. The topological polar surface area (TPSA) is 145 Å². The first-order valence-corrected chi connectivity index (χ1v) is 9.74. The number of amides is 1. The molecule has 0 bridgehead atoms. The van der Waals surface area contributed by atoms with Crippen LogP contribution in [0.5, 0.6) is 0 Å². The first-order chi connectivity index (χ1) is 13.3. The summed E-state index contributed by atoms with van der Waals surface area (Å²) in [6.45, 7) is 0. The van der Waals surface area contributed by atoms with Gasteiger partial charge in [0.25, 0.3) is 5.91 Å². The number of anilines is 1. The second-order valence-corrected chi connectivity index (χ2v) is 7.58. The smallest absolute Gasteiger partial charge is 0.276 e. The zero-order valence-electron chi connectivity index (χ0n) is 14.3. The van der Waals surface area contributed by atoms with Gasteiger partial charge in [-0.2, -0.15) is 10.2 Å². The van der Waals surface area contributed by atoms with E-state index in [9.17, 15) is 13.2 Å². The predicted molar refractivity (Wildman–Crippen MR) is 106 cm³/mol. The summed E-state index contributed by atoms with van der Waals surface area (Å²) in [4.78, 5) is 12.2. The molecule has 0 aliphatic carbocycles. The van der Waals surface area contributed by atoms with Crippen LogP contribution in [0.2, 0.25) is 5.02 Å². The number of halogens is 1. The first-order valence-electron chi connectivity index (χ1n) is 7.82. The fraction of sp³-hybridized carbons (Fsp3) is 0. The molecule has 0 saturated carbocycles. The number of hydrogen-bond donors (Lipinski definition) is 3. The molecule has 28 heavy (non-hydrogen) atoms. The molecule has 3 rings (SSSR count). The van der Waals surface area contributed by atoms with Gasteiger partial charge in [-0.25, -0.2) is 23.7 Å². The predicted octanol–water partition coefficient (Wildman–Crippen LogP) is 1.52. The number of nitrogens with two attached hydrogens (primary N) is 2. The van der Waals surface area contributed by atoms with Gasteiger partial charge in [0.05, 0.1) is 23.0 Å². The number of hydrogen-bond acceptors (Lipinski definition) is 6. The number of nitrogen functional groups attached to an aromatic ring is 1. The number of aromatic nitrogens is 2. The lowest BCUT2D eigenvalue weighted by atomic mass is 10.2. The second kappa shape index (κ2) is 7.80. The summed E-state index contributed by atoms with van der Waals surface area (Å²) < 4.78 is 23.9. The Balaban J connectivity index is 1.77. The highest BCUT2D eigenvalue weighted by atomic mass is 35.5. The van der Waals surface area contributed by atoms with Gasteiger partial charge >= 0.3 is 0 Å². The van der Waals surface area contributed by atoms with E-state index in [0.717, 1.165) is 0 Å². The van der Waals surface area contributed by atoms with Crippen molar-refractivity contribution in [2.45, 2.75) is 4.90 Å². The van der Waals surface area contributed by atoms with Crippen molar-refractivity contribution in [1.82, 2.24) is 15.2 Å². The van der Waals surface area contributed by atoms with E-state index in [1.807, 2.05) is 0 Å². The average Bonchev–Trinajstić information content (AvgIpc) is 3.04. The molecule has 0 spiro atoms. The van der Waals surface area contributed by atoms with Crippen LogP contribution < -0.4 is 16.3 Å². The molecule has 0 radical (unpaired) electrons. The third kappa shape index (κ3) is 4.19. The minimum atomic E-state index is -3.81. The van der Waals surface area contributed by atoms with Crippen molar-refractivity contribution in [2.75, 3.05) is 5.73 Å². The van der Waals surface area contributed by atoms with E-state index in [-0.39, 0.29) is 16.3 Å². The Morgan fingerprint density at radius 3 is 2.50 bits per heavy atom. The minimum absolute atomic E-state index is 0.0474. The van der Waals surface area contributed by atoms with Crippen LogP contribution in [0.25, 0.3) is 5.69 Å². The van der Waals surface area contributed by atoms with Crippen LogP contribution in [-0.4, -0.2) is 30.3 Å². The molecule has 1 aromatic heterocycles. The first kappa shape index (κ1) is 19.5. The quantitative estimate of drug-likeness (QED) is 0.424. The summed E-state index contributed by atoms with van der Waals surface area (Å²) in [5.41, 5.74) is 9.55. The maximum atomic E-state index is 12.3. The van der Waals surface area contributed by atoms with E-state index in [1.165, 1.54) is 41.4 Å². The second-order valence-electron chi connectivity index (χ2n) is 5.61. The Morgan fingerprint density at radius 1 is 1.18 bits per heavy atom. The van der Waals surface area contributed by atoms with Crippen molar-refractivity contribution < 1.29 is 13.2 Å². The number of sulfonamides is 1. The molecule has 0 atom stereocenters. The lowest BCUT2D eigenvalue weighted by Crippen LogP contribution is -2.19. The number of hydrazone groups is 1. The maximum Gasteiger partial charge on any atom is 0.276 e. The molecule has 0 saturated heterocycles. The van der Waals surface area contributed by atoms with Gasteiger partial charge in [-0.15, -0.1) is 0 Å². The monoisotopic (exact) mass is 418 g/mol. The van der Waals surface area contributed by atoms with Crippen molar-refractivity contribution in [1.29, 1.82) is 0 Å². The summed E-state index contributed by atoms with van der Waals surface area (Å²) in [6.07, 6.45) is 2.69. The van der Waals surface area contributed by atoms with Gasteiger partial charge in [0.1, 0.15) is 11.4 Å². The SMILES string of the molecule is Nc1c(C(=O)N/N=C/c2ccccc2Cl)cnn1-c1ccc(S(N)(=O)=O)cc1. The number of nitrogens with zero attached hydrogens (tertiary/aromatic N) is 3. The fourth-order valence-corrected chi connectivity index (χ4v) is 3.02. The van der Waals surface area contributed by atoms with Gasteiger partial charge in [-0.3, -0.25) is 4.79 Å². The molecule has 144 valence electrons. The Bertz CT molecular complexity index is 1160. The van der Waals surface area contributed by atoms with Crippen molar-refractivity contribution in [3.63, 3.8) is 0 Å². The lowest BCUT2D eigenvalue weighted by molar-refractivity contribution is 0.0956. The summed E-state index contributed by atoms with van der Waals surface area (Å²) in [5.74, 6) is -0.498. The number of rotatable bonds is 5.